The summed E-state index contributed by atoms with van der Waals surface area (Å²) in [6.07, 6.45) is -3.62. The highest BCUT2D eigenvalue weighted by Crippen LogP contribution is 2.31. The van der Waals surface area contributed by atoms with Crippen molar-refractivity contribution in [3.8, 4) is 0 Å². The quantitative estimate of drug-likeness (QED) is 0.425. The summed E-state index contributed by atoms with van der Waals surface area (Å²) in [5.74, 6) is -1.50. The number of hydrogen-bond donors (Lipinski definition) is 3. The van der Waals surface area contributed by atoms with Gasteiger partial charge in [-0.3, -0.25) is 14.5 Å². The van der Waals surface area contributed by atoms with Gasteiger partial charge in [-0.05, 0) is 76.4 Å². The zero-order chi connectivity index (χ0) is 28.7. The number of halogens is 3. The molecule has 3 rings (SSSR count). The SMILES string of the molecule is CC(C)N(C)[C@@H]1CC[C@H](NC(=O)CNC(=O)c2cccc(C(F)(F)F)c2)[C@@H](CN(C(=O)O)c2ccccc2)C1. The summed E-state index contributed by atoms with van der Waals surface area (Å²) in [7, 11) is 2.03. The van der Waals surface area contributed by atoms with Crippen LogP contribution in [0, 0.1) is 5.92 Å². The van der Waals surface area contributed by atoms with E-state index in [-0.39, 0.29) is 36.2 Å². The Labute approximate surface area is 226 Å². The van der Waals surface area contributed by atoms with E-state index < -0.39 is 36.2 Å². The number of carbonyl (C=O) groups excluding carboxylic acids is 2. The lowest BCUT2D eigenvalue weighted by molar-refractivity contribution is -0.137. The van der Waals surface area contributed by atoms with Crippen LogP contribution < -0.4 is 15.5 Å². The van der Waals surface area contributed by atoms with Crippen LogP contribution in [-0.2, 0) is 11.0 Å². The number of nitrogens with zero attached hydrogens (tertiary/aromatic N) is 2. The van der Waals surface area contributed by atoms with Crippen LogP contribution >= 0.6 is 0 Å². The van der Waals surface area contributed by atoms with E-state index in [1.54, 1.807) is 30.3 Å². The summed E-state index contributed by atoms with van der Waals surface area (Å²) < 4.78 is 38.9. The Morgan fingerprint density at radius 1 is 1.05 bits per heavy atom. The summed E-state index contributed by atoms with van der Waals surface area (Å²) in [5, 5.41) is 15.2. The van der Waals surface area contributed by atoms with Gasteiger partial charge in [0.25, 0.3) is 5.91 Å². The second-order valence-electron chi connectivity index (χ2n) is 10.2. The van der Waals surface area contributed by atoms with Crippen molar-refractivity contribution in [2.24, 2.45) is 5.92 Å². The number of carboxylic acid groups (broad SMARTS) is 1. The second kappa shape index (κ2) is 13.0. The van der Waals surface area contributed by atoms with Gasteiger partial charge in [-0.1, -0.05) is 24.3 Å². The van der Waals surface area contributed by atoms with E-state index in [1.165, 1.54) is 11.0 Å². The fourth-order valence-corrected chi connectivity index (χ4v) is 4.92. The number of rotatable bonds is 9. The third kappa shape index (κ3) is 8.19. The Bertz CT molecular complexity index is 1140. The number of para-hydroxylation sites is 1. The minimum absolute atomic E-state index is 0.170. The van der Waals surface area contributed by atoms with Crippen molar-refractivity contribution in [2.45, 2.75) is 57.4 Å². The Morgan fingerprint density at radius 3 is 2.36 bits per heavy atom. The highest BCUT2D eigenvalue weighted by Gasteiger charge is 2.36. The Balaban J connectivity index is 1.69. The van der Waals surface area contributed by atoms with Gasteiger partial charge in [-0.2, -0.15) is 13.2 Å². The van der Waals surface area contributed by atoms with Crippen LogP contribution in [0.5, 0.6) is 0 Å². The van der Waals surface area contributed by atoms with Crippen molar-refractivity contribution >= 4 is 23.6 Å². The minimum atomic E-state index is -4.59. The van der Waals surface area contributed by atoms with Crippen LogP contribution in [0.1, 0.15) is 49.0 Å². The standard InChI is InChI=1S/C28H35F3N4O4/c1-18(2)34(3)23-12-13-24(20(15-23)17-35(27(38)39)22-10-5-4-6-11-22)33-25(36)16-32-26(37)19-8-7-9-21(14-19)28(29,30)31/h4-11,14,18,20,23-24H,12-13,15-17H2,1-3H3,(H,32,37)(H,33,36)(H,38,39)/t20-,23-,24+/m1/s1. The lowest BCUT2D eigenvalue weighted by atomic mass is 9.80. The molecular weight excluding hydrogens is 513 g/mol. The normalized spacial score (nSPS) is 19.5. The topological polar surface area (TPSA) is 102 Å². The van der Waals surface area contributed by atoms with Crippen molar-refractivity contribution < 1.29 is 32.7 Å². The molecule has 8 nitrogen and oxygen atoms in total. The number of amides is 3. The monoisotopic (exact) mass is 548 g/mol. The largest absolute Gasteiger partial charge is 0.465 e. The van der Waals surface area contributed by atoms with Crippen LogP contribution in [0.4, 0.5) is 23.7 Å². The molecule has 1 aliphatic carbocycles. The maximum absolute atomic E-state index is 13.0. The lowest BCUT2D eigenvalue weighted by Gasteiger charge is -2.43. The van der Waals surface area contributed by atoms with Gasteiger partial charge >= 0.3 is 12.3 Å². The molecular formula is C28H35F3N4O4. The van der Waals surface area contributed by atoms with E-state index in [0.29, 0.717) is 18.5 Å². The maximum Gasteiger partial charge on any atom is 0.416 e. The molecule has 3 amide bonds. The van der Waals surface area contributed by atoms with Gasteiger partial charge < -0.3 is 20.6 Å². The molecule has 3 N–H and O–H groups in total. The average Bonchev–Trinajstić information content (AvgIpc) is 2.90. The van der Waals surface area contributed by atoms with E-state index in [0.717, 1.165) is 24.6 Å². The van der Waals surface area contributed by atoms with Gasteiger partial charge in [0.1, 0.15) is 0 Å². The number of alkyl halides is 3. The predicted molar refractivity (Wildman–Crippen MR) is 142 cm³/mol. The Morgan fingerprint density at radius 2 is 1.74 bits per heavy atom. The highest BCUT2D eigenvalue weighted by atomic mass is 19.4. The average molecular weight is 549 g/mol. The van der Waals surface area contributed by atoms with Gasteiger partial charge in [0.15, 0.2) is 0 Å². The van der Waals surface area contributed by atoms with Crippen LogP contribution in [0.15, 0.2) is 54.6 Å². The molecule has 1 aliphatic rings. The number of anilines is 1. The summed E-state index contributed by atoms with van der Waals surface area (Å²) in [4.78, 5) is 40.8. The van der Waals surface area contributed by atoms with E-state index in [9.17, 15) is 32.7 Å². The fourth-order valence-electron chi connectivity index (χ4n) is 4.92. The molecule has 2 aromatic carbocycles. The fraction of sp³-hybridized carbons (Fsp3) is 0.464. The van der Waals surface area contributed by atoms with Crippen LogP contribution in [0.25, 0.3) is 0 Å². The number of nitrogens with one attached hydrogen (secondary N) is 2. The van der Waals surface area contributed by atoms with Gasteiger partial charge in [0.2, 0.25) is 5.91 Å². The first kappa shape index (κ1) is 29.9. The van der Waals surface area contributed by atoms with Gasteiger partial charge in [0, 0.05) is 35.9 Å². The molecule has 3 atom stereocenters. The van der Waals surface area contributed by atoms with E-state index in [2.05, 4.69) is 29.4 Å². The van der Waals surface area contributed by atoms with Crippen molar-refractivity contribution in [3.05, 3.63) is 65.7 Å². The smallest absolute Gasteiger partial charge is 0.416 e. The number of benzene rings is 2. The first-order valence-corrected chi connectivity index (χ1v) is 12.9. The molecule has 1 fully saturated rings. The van der Waals surface area contributed by atoms with Crippen molar-refractivity contribution in [1.82, 2.24) is 15.5 Å². The third-order valence-electron chi connectivity index (χ3n) is 7.27. The summed E-state index contributed by atoms with van der Waals surface area (Å²) in [5.41, 5.74) is -0.623. The molecule has 212 valence electrons. The summed E-state index contributed by atoms with van der Waals surface area (Å²) in [6.45, 7) is 3.92. The third-order valence-corrected chi connectivity index (χ3v) is 7.27. The highest BCUT2D eigenvalue weighted by molar-refractivity contribution is 5.96. The van der Waals surface area contributed by atoms with E-state index >= 15 is 0 Å². The first-order valence-electron chi connectivity index (χ1n) is 12.9. The molecule has 0 unspecified atom stereocenters. The van der Waals surface area contributed by atoms with Crippen molar-refractivity contribution in [3.63, 3.8) is 0 Å². The minimum Gasteiger partial charge on any atom is -0.465 e. The molecule has 0 aliphatic heterocycles. The van der Waals surface area contributed by atoms with Crippen molar-refractivity contribution in [2.75, 3.05) is 25.0 Å². The van der Waals surface area contributed by atoms with Gasteiger partial charge in [0.05, 0.1) is 12.1 Å². The molecule has 2 aromatic rings. The molecule has 0 heterocycles. The zero-order valence-corrected chi connectivity index (χ0v) is 22.2. The molecule has 0 radical (unpaired) electrons. The van der Waals surface area contributed by atoms with Crippen molar-refractivity contribution in [1.29, 1.82) is 0 Å². The molecule has 0 saturated heterocycles. The Kier molecular flexibility index (Phi) is 9.96. The lowest BCUT2D eigenvalue weighted by Crippen LogP contribution is -2.54. The molecule has 1 saturated carbocycles. The molecule has 0 bridgehead atoms. The summed E-state index contributed by atoms with van der Waals surface area (Å²) in [6, 6.07) is 12.9. The van der Waals surface area contributed by atoms with Crippen LogP contribution in [0.2, 0.25) is 0 Å². The zero-order valence-electron chi connectivity index (χ0n) is 22.2. The van der Waals surface area contributed by atoms with E-state index in [4.69, 9.17) is 0 Å². The number of hydrogen-bond acceptors (Lipinski definition) is 4. The number of carbonyl (C=O) groups is 3. The molecule has 0 spiro atoms. The summed E-state index contributed by atoms with van der Waals surface area (Å²) >= 11 is 0. The van der Waals surface area contributed by atoms with Gasteiger partial charge in [-0.25, -0.2) is 4.79 Å². The van der Waals surface area contributed by atoms with Gasteiger partial charge in [-0.15, -0.1) is 0 Å². The molecule has 0 aromatic heterocycles. The molecule has 11 heteroatoms. The van der Waals surface area contributed by atoms with Crippen LogP contribution in [-0.4, -0.2) is 66.2 Å². The second-order valence-corrected chi connectivity index (χ2v) is 10.2. The Hall–Kier alpha value is -3.60. The van der Waals surface area contributed by atoms with E-state index in [1.807, 2.05) is 7.05 Å². The van der Waals surface area contributed by atoms with Crippen LogP contribution in [0.3, 0.4) is 0 Å². The maximum atomic E-state index is 13.0. The predicted octanol–water partition coefficient (Wildman–Crippen LogP) is 4.61. The first-order chi connectivity index (χ1) is 18.4. The molecule has 39 heavy (non-hydrogen) atoms.